The Morgan fingerprint density at radius 2 is 1.76 bits per heavy atom. The highest BCUT2D eigenvalue weighted by molar-refractivity contribution is 7.92. The van der Waals surface area contributed by atoms with E-state index in [1.54, 1.807) is 54.6 Å². The predicted molar refractivity (Wildman–Crippen MR) is 151 cm³/mol. The summed E-state index contributed by atoms with van der Waals surface area (Å²) in [7, 11) is -4.03. The van der Waals surface area contributed by atoms with Crippen LogP contribution in [0.4, 0.5) is 5.69 Å². The lowest BCUT2D eigenvalue weighted by atomic mass is 10.1. The van der Waals surface area contributed by atoms with Gasteiger partial charge in [0, 0.05) is 10.6 Å². The number of hydrogen-bond acceptors (Lipinski definition) is 5. The van der Waals surface area contributed by atoms with Crippen LogP contribution in [0, 0.1) is 6.92 Å². The number of carbonyl (C=O) groups excluding carboxylic acids is 1. The van der Waals surface area contributed by atoms with Crippen molar-refractivity contribution in [3.63, 3.8) is 0 Å². The second-order valence-corrected chi connectivity index (χ2v) is 11.1. The molecule has 1 amide bonds. The summed E-state index contributed by atoms with van der Waals surface area (Å²) in [6.07, 6.45) is 1.92. The van der Waals surface area contributed by atoms with Gasteiger partial charge >= 0.3 is 0 Å². The van der Waals surface area contributed by atoms with Gasteiger partial charge in [0.25, 0.3) is 15.9 Å². The topological polar surface area (TPSA) is 92.0 Å². The summed E-state index contributed by atoms with van der Waals surface area (Å²) in [4.78, 5) is 13.0. The third kappa shape index (κ3) is 6.27. The molecule has 0 spiro atoms. The van der Waals surface area contributed by atoms with Crippen LogP contribution in [0.1, 0.15) is 23.8 Å². The molecule has 0 aliphatic carbocycles. The number of halogens is 2. The van der Waals surface area contributed by atoms with Crippen LogP contribution >= 0.6 is 23.2 Å². The van der Waals surface area contributed by atoms with Gasteiger partial charge in [-0.25, -0.2) is 13.8 Å². The van der Waals surface area contributed by atoms with Crippen LogP contribution in [-0.4, -0.2) is 27.1 Å². The average molecular weight is 570 g/mol. The van der Waals surface area contributed by atoms with Crippen LogP contribution < -0.4 is 9.73 Å². The number of amides is 1. The van der Waals surface area contributed by atoms with Gasteiger partial charge in [0.2, 0.25) is 0 Å². The maximum Gasteiger partial charge on any atom is 0.264 e. The summed E-state index contributed by atoms with van der Waals surface area (Å²) in [6, 6.07) is 22.0. The highest BCUT2D eigenvalue weighted by Gasteiger charge is 2.28. The first-order valence-corrected chi connectivity index (χ1v) is 13.9. The summed E-state index contributed by atoms with van der Waals surface area (Å²) >= 11 is 12.2. The van der Waals surface area contributed by atoms with E-state index in [0.717, 1.165) is 15.4 Å². The molecule has 38 heavy (non-hydrogen) atoms. The molecule has 0 unspecified atom stereocenters. The van der Waals surface area contributed by atoms with Crippen LogP contribution in [0.15, 0.2) is 93.3 Å². The lowest BCUT2D eigenvalue weighted by Crippen LogP contribution is -2.40. The zero-order chi connectivity index (χ0) is 27.3. The Morgan fingerprint density at radius 3 is 2.47 bits per heavy atom. The minimum Gasteiger partial charge on any atom is -0.455 e. The van der Waals surface area contributed by atoms with Gasteiger partial charge in [0.15, 0.2) is 0 Å². The summed E-state index contributed by atoms with van der Waals surface area (Å²) in [5, 5.41) is 4.89. The number of carbonyl (C=O) groups is 1. The molecule has 0 bridgehead atoms. The van der Waals surface area contributed by atoms with E-state index in [1.165, 1.54) is 18.3 Å². The van der Waals surface area contributed by atoms with Gasteiger partial charge < -0.3 is 4.42 Å². The molecule has 0 aliphatic rings. The van der Waals surface area contributed by atoms with E-state index < -0.39 is 22.5 Å². The Bertz CT molecular complexity index is 1580. The van der Waals surface area contributed by atoms with E-state index in [9.17, 15) is 13.2 Å². The Balaban J connectivity index is 1.53. The normalized spacial score (nSPS) is 11.6. The SMILES string of the molecule is CCc1ccccc1N(CC(=O)N/N=C\c1ccc(-c2ccc(Cl)cc2Cl)o1)S(=O)(=O)c1ccc(C)cc1. The fraction of sp³-hybridized carbons (Fsp3) is 0.143. The van der Waals surface area contributed by atoms with E-state index in [1.807, 2.05) is 26.0 Å². The first-order chi connectivity index (χ1) is 18.2. The number of sulfonamides is 1. The number of para-hydroxylation sites is 1. The maximum atomic E-state index is 13.6. The zero-order valence-electron chi connectivity index (χ0n) is 20.7. The Morgan fingerprint density at radius 1 is 1.03 bits per heavy atom. The molecule has 0 radical (unpaired) electrons. The molecule has 3 aromatic carbocycles. The number of rotatable bonds is 9. The fourth-order valence-electron chi connectivity index (χ4n) is 3.78. The first kappa shape index (κ1) is 27.4. The van der Waals surface area contributed by atoms with Gasteiger partial charge in [-0.15, -0.1) is 0 Å². The molecule has 196 valence electrons. The monoisotopic (exact) mass is 569 g/mol. The highest BCUT2D eigenvalue weighted by atomic mass is 35.5. The van der Waals surface area contributed by atoms with Crippen molar-refractivity contribution in [3.8, 4) is 11.3 Å². The van der Waals surface area contributed by atoms with Gasteiger partial charge in [-0.05, 0) is 67.4 Å². The third-order valence-corrected chi connectivity index (χ3v) is 8.06. The van der Waals surface area contributed by atoms with Gasteiger partial charge in [-0.2, -0.15) is 5.10 Å². The number of nitrogens with one attached hydrogen (secondary N) is 1. The number of aryl methyl sites for hydroxylation is 2. The predicted octanol–water partition coefficient (Wildman–Crippen LogP) is 6.47. The molecule has 10 heteroatoms. The second kappa shape index (κ2) is 11.9. The van der Waals surface area contributed by atoms with Crippen LogP contribution in [-0.2, 0) is 21.2 Å². The smallest absolute Gasteiger partial charge is 0.264 e. The molecule has 1 aromatic heterocycles. The molecule has 1 N–H and O–H groups in total. The number of anilines is 1. The number of benzene rings is 3. The summed E-state index contributed by atoms with van der Waals surface area (Å²) in [5.74, 6) is 0.258. The quantitative estimate of drug-likeness (QED) is 0.185. The lowest BCUT2D eigenvalue weighted by Gasteiger charge is -2.25. The highest BCUT2D eigenvalue weighted by Crippen LogP contribution is 2.31. The van der Waals surface area contributed by atoms with Crippen LogP contribution in [0.2, 0.25) is 10.0 Å². The Labute approximate surface area is 231 Å². The van der Waals surface area contributed by atoms with Crippen molar-refractivity contribution >= 4 is 51.0 Å². The maximum absolute atomic E-state index is 13.6. The molecule has 4 aromatic rings. The van der Waals surface area contributed by atoms with Crippen LogP contribution in [0.25, 0.3) is 11.3 Å². The Kier molecular flexibility index (Phi) is 8.56. The van der Waals surface area contributed by atoms with Crippen molar-refractivity contribution in [1.82, 2.24) is 5.43 Å². The van der Waals surface area contributed by atoms with Crippen LogP contribution in [0.5, 0.6) is 0 Å². The molecule has 0 saturated heterocycles. The van der Waals surface area contributed by atoms with Crippen molar-refractivity contribution in [3.05, 3.63) is 106 Å². The summed E-state index contributed by atoms with van der Waals surface area (Å²) in [5.41, 5.74) is 5.21. The van der Waals surface area contributed by atoms with Crippen molar-refractivity contribution in [1.29, 1.82) is 0 Å². The number of hydrazone groups is 1. The molecule has 0 aliphatic heterocycles. The van der Waals surface area contributed by atoms with Gasteiger partial charge in [0.1, 0.15) is 18.1 Å². The number of hydrogen-bond donors (Lipinski definition) is 1. The van der Waals surface area contributed by atoms with Crippen molar-refractivity contribution in [2.75, 3.05) is 10.8 Å². The molecule has 0 atom stereocenters. The van der Waals surface area contributed by atoms with Gasteiger partial charge in [-0.1, -0.05) is 66.0 Å². The molecule has 7 nitrogen and oxygen atoms in total. The molecule has 1 heterocycles. The van der Waals surface area contributed by atoms with Gasteiger partial charge in [-0.3, -0.25) is 9.10 Å². The van der Waals surface area contributed by atoms with Crippen molar-refractivity contribution < 1.29 is 17.6 Å². The van der Waals surface area contributed by atoms with Crippen molar-refractivity contribution in [2.45, 2.75) is 25.2 Å². The lowest BCUT2D eigenvalue weighted by molar-refractivity contribution is -0.119. The minimum absolute atomic E-state index is 0.0919. The standard InChI is InChI=1S/C28H25Cl2N3O4S/c1-3-20-6-4-5-7-26(20)33(38(35,36)23-12-8-19(2)9-13-23)18-28(34)32-31-17-22-11-15-27(37-22)24-14-10-21(29)16-25(24)30/h4-17H,3,18H2,1-2H3,(H,32,34)/b31-17-. The summed E-state index contributed by atoms with van der Waals surface area (Å²) in [6.45, 7) is 3.33. The largest absolute Gasteiger partial charge is 0.455 e. The summed E-state index contributed by atoms with van der Waals surface area (Å²) < 4.78 is 34.1. The molecule has 4 rings (SSSR count). The molecule has 0 saturated carbocycles. The number of furan rings is 1. The van der Waals surface area contributed by atoms with E-state index in [2.05, 4.69) is 10.5 Å². The third-order valence-electron chi connectivity index (χ3n) is 5.74. The van der Waals surface area contributed by atoms with E-state index >= 15 is 0 Å². The van der Waals surface area contributed by atoms with Crippen molar-refractivity contribution in [2.24, 2.45) is 5.10 Å². The number of nitrogens with zero attached hydrogens (tertiary/aromatic N) is 2. The minimum atomic E-state index is -4.03. The van der Waals surface area contributed by atoms with E-state index in [-0.39, 0.29) is 4.90 Å². The molecular formula is C28H25Cl2N3O4S. The average Bonchev–Trinajstić information content (AvgIpc) is 3.36. The second-order valence-electron chi connectivity index (χ2n) is 8.43. The van der Waals surface area contributed by atoms with Crippen LogP contribution in [0.3, 0.4) is 0 Å². The Hall–Kier alpha value is -3.59. The zero-order valence-corrected chi connectivity index (χ0v) is 23.0. The van der Waals surface area contributed by atoms with E-state index in [4.69, 9.17) is 27.6 Å². The molecular weight excluding hydrogens is 545 g/mol. The molecule has 0 fully saturated rings. The first-order valence-electron chi connectivity index (χ1n) is 11.7. The van der Waals surface area contributed by atoms with Gasteiger partial charge in [0.05, 0.1) is 21.8 Å². The van der Waals surface area contributed by atoms with E-state index in [0.29, 0.717) is 39.2 Å². The fourth-order valence-corrected chi connectivity index (χ4v) is 5.74.